The van der Waals surface area contributed by atoms with Gasteiger partial charge < -0.3 is 10.1 Å². The van der Waals surface area contributed by atoms with Gasteiger partial charge in [0.1, 0.15) is 15.6 Å². The second-order valence-electron chi connectivity index (χ2n) is 3.87. The fraction of sp³-hybridized carbons (Fsp3) is 0.143. The lowest BCUT2D eigenvalue weighted by molar-refractivity contribution is 0.0967. The molecule has 20 heavy (non-hydrogen) atoms. The van der Waals surface area contributed by atoms with Crippen molar-refractivity contribution in [3.63, 3.8) is 0 Å². The predicted molar refractivity (Wildman–Crippen MR) is 85.1 cm³/mol. The van der Waals surface area contributed by atoms with Crippen LogP contribution in [-0.2, 0) is 0 Å². The summed E-state index contributed by atoms with van der Waals surface area (Å²) in [7, 11) is 3.23. The van der Waals surface area contributed by atoms with Crippen LogP contribution in [0.5, 0.6) is 5.75 Å². The topological polar surface area (TPSA) is 51.2 Å². The Kier molecular flexibility index (Phi) is 4.92. The number of ether oxygens (including phenoxy) is 1. The minimum atomic E-state index is -0.116. The monoisotopic (exact) mass is 352 g/mol. The van der Waals surface area contributed by atoms with Crippen LogP contribution >= 0.6 is 27.3 Å². The molecule has 0 radical (unpaired) electrons. The van der Waals surface area contributed by atoms with E-state index in [1.165, 1.54) is 11.3 Å². The molecule has 2 rings (SSSR count). The normalized spacial score (nSPS) is 10.8. The second-order valence-corrected chi connectivity index (χ2v) is 5.79. The van der Waals surface area contributed by atoms with Gasteiger partial charge in [-0.2, -0.15) is 0 Å². The van der Waals surface area contributed by atoms with E-state index in [-0.39, 0.29) is 5.91 Å². The first-order chi connectivity index (χ1) is 9.63. The largest absolute Gasteiger partial charge is 0.496 e. The standard InChI is InChI=1S/C14H13BrN2O2S/c1-16-14(18)12-8-17-13(20-12)6-4-9-3-5-11(19-2)10(15)7-9/h3-8H,1-2H3,(H,16,18). The molecule has 0 saturated heterocycles. The number of nitrogens with one attached hydrogen (secondary N) is 1. The molecular weight excluding hydrogens is 340 g/mol. The molecule has 0 aliphatic carbocycles. The van der Waals surface area contributed by atoms with E-state index in [0.717, 1.165) is 20.8 Å². The van der Waals surface area contributed by atoms with Gasteiger partial charge in [0.25, 0.3) is 5.91 Å². The number of thiazole rings is 1. The Morgan fingerprint density at radius 1 is 1.45 bits per heavy atom. The number of methoxy groups -OCH3 is 1. The number of amides is 1. The summed E-state index contributed by atoms with van der Waals surface area (Å²) in [5.74, 6) is 0.674. The quantitative estimate of drug-likeness (QED) is 0.916. The van der Waals surface area contributed by atoms with Crippen molar-refractivity contribution < 1.29 is 9.53 Å². The second kappa shape index (κ2) is 6.67. The highest BCUT2D eigenvalue weighted by molar-refractivity contribution is 9.10. The van der Waals surface area contributed by atoms with Crippen molar-refractivity contribution in [3.05, 3.63) is 44.3 Å². The molecule has 2 aromatic rings. The Labute approximate surface area is 129 Å². The number of carbonyl (C=O) groups is 1. The SMILES string of the molecule is CNC(=O)c1cnc(C=Cc2ccc(OC)c(Br)c2)s1. The van der Waals surface area contributed by atoms with Crippen molar-refractivity contribution >= 4 is 45.3 Å². The summed E-state index contributed by atoms with van der Waals surface area (Å²) in [5.41, 5.74) is 1.02. The Morgan fingerprint density at radius 3 is 2.90 bits per heavy atom. The first-order valence-electron chi connectivity index (χ1n) is 5.83. The number of hydrogen-bond donors (Lipinski definition) is 1. The van der Waals surface area contributed by atoms with Gasteiger partial charge in [0.2, 0.25) is 0 Å². The molecule has 0 bridgehead atoms. The minimum absolute atomic E-state index is 0.116. The van der Waals surface area contributed by atoms with Crippen molar-refractivity contribution in [2.75, 3.05) is 14.2 Å². The first kappa shape index (κ1) is 14.7. The van der Waals surface area contributed by atoms with Gasteiger partial charge in [-0.1, -0.05) is 12.1 Å². The molecule has 0 atom stereocenters. The van der Waals surface area contributed by atoms with E-state index in [4.69, 9.17) is 4.74 Å². The number of halogens is 1. The Balaban J connectivity index is 2.15. The molecule has 4 nitrogen and oxygen atoms in total. The summed E-state index contributed by atoms with van der Waals surface area (Å²) >= 11 is 4.79. The fourth-order valence-corrected chi connectivity index (χ4v) is 2.87. The van der Waals surface area contributed by atoms with E-state index in [1.54, 1.807) is 20.4 Å². The number of carbonyl (C=O) groups excluding carboxylic acids is 1. The van der Waals surface area contributed by atoms with Crippen LogP contribution in [0.1, 0.15) is 20.2 Å². The number of hydrogen-bond acceptors (Lipinski definition) is 4. The minimum Gasteiger partial charge on any atom is -0.496 e. The van der Waals surface area contributed by atoms with Crippen LogP contribution in [-0.4, -0.2) is 25.0 Å². The molecule has 0 spiro atoms. The number of aromatic nitrogens is 1. The maximum Gasteiger partial charge on any atom is 0.262 e. The summed E-state index contributed by atoms with van der Waals surface area (Å²) in [4.78, 5) is 16.2. The number of nitrogens with zero attached hydrogens (tertiary/aromatic N) is 1. The average molecular weight is 353 g/mol. The van der Waals surface area contributed by atoms with Gasteiger partial charge >= 0.3 is 0 Å². The number of rotatable bonds is 4. The van der Waals surface area contributed by atoms with E-state index < -0.39 is 0 Å². The molecule has 1 N–H and O–H groups in total. The van der Waals surface area contributed by atoms with Gasteiger partial charge in [-0.25, -0.2) is 4.98 Å². The zero-order valence-electron chi connectivity index (χ0n) is 11.0. The van der Waals surface area contributed by atoms with Gasteiger partial charge in [0.15, 0.2) is 0 Å². The van der Waals surface area contributed by atoms with E-state index in [0.29, 0.717) is 4.88 Å². The summed E-state index contributed by atoms with van der Waals surface area (Å²) in [6.07, 6.45) is 5.40. The maximum absolute atomic E-state index is 11.4. The molecule has 1 aromatic carbocycles. The predicted octanol–water partition coefficient (Wildman–Crippen LogP) is 3.44. The molecule has 0 aliphatic heterocycles. The molecule has 1 aromatic heterocycles. The maximum atomic E-state index is 11.4. The van der Waals surface area contributed by atoms with Gasteiger partial charge in [-0.05, 0) is 39.7 Å². The summed E-state index contributed by atoms with van der Waals surface area (Å²) in [6.45, 7) is 0. The van der Waals surface area contributed by atoms with E-state index in [2.05, 4.69) is 26.2 Å². The van der Waals surface area contributed by atoms with Crippen molar-refractivity contribution in [2.24, 2.45) is 0 Å². The van der Waals surface area contributed by atoms with Crippen LogP contribution in [0.2, 0.25) is 0 Å². The van der Waals surface area contributed by atoms with Gasteiger partial charge in [0.05, 0.1) is 17.8 Å². The number of benzene rings is 1. The molecule has 0 fully saturated rings. The average Bonchev–Trinajstić information content (AvgIpc) is 2.93. The zero-order chi connectivity index (χ0) is 14.5. The summed E-state index contributed by atoms with van der Waals surface area (Å²) < 4.78 is 6.07. The molecule has 6 heteroatoms. The molecular formula is C14H13BrN2O2S. The van der Waals surface area contributed by atoms with E-state index in [1.807, 2.05) is 30.4 Å². The van der Waals surface area contributed by atoms with Gasteiger partial charge in [-0.3, -0.25) is 4.79 Å². The lowest BCUT2D eigenvalue weighted by Gasteiger charge is -2.03. The van der Waals surface area contributed by atoms with Crippen LogP contribution in [0.4, 0.5) is 0 Å². The Morgan fingerprint density at radius 2 is 2.25 bits per heavy atom. The van der Waals surface area contributed by atoms with Crippen LogP contribution in [0, 0.1) is 0 Å². The molecule has 0 aliphatic rings. The smallest absolute Gasteiger partial charge is 0.262 e. The van der Waals surface area contributed by atoms with Crippen molar-refractivity contribution in [1.82, 2.24) is 10.3 Å². The van der Waals surface area contributed by atoms with E-state index >= 15 is 0 Å². The third kappa shape index (κ3) is 3.46. The molecule has 1 amide bonds. The third-order valence-electron chi connectivity index (χ3n) is 2.57. The van der Waals surface area contributed by atoms with Crippen molar-refractivity contribution in [3.8, 4) is 5.75 Å². The van der Waals surface area contributed by atoms with Gasteiger partial charge in [0, 0.05) is 7.05 Å². The van der Waals surface area contributed by atoms with Crippen LogP contribution in [0.3, 0.4) is 0 Å². The van der Waals surface area contributed by atoms with Crippen molar-refractivity contribution in [1.29, 1.82) is 0 Å². The highest BCUT2D eigenvalue weighted by Crippen LogP contribution is 2.26. The van der Waals surface area contributed by atoms with Crippen LogP contribution in [0.25, 0.3) is 12.2 Å². The van der Waals surface area contributed by atoms with E-state index in [9.17, 15) is 4.79 Å². The van der Waals surface area contributed by atoms with Crippen LogP contribution in [0.15, 0.2) is 28.9 Å². The highest BCUT2D eigenvalue weighted by atomic mass is 79.9. The lowest BCUT2D eigenvalue weighted by atomic mass is 10.2. The summed E-state index contributed by atoms with van der Waals surface area (Å²) in [5, 5.41) is 3.36. The third-order valence-corrected chi connectivity index (χ3v) is 4.15. The van der Waals surface area contributed by atoms with Crippen molar-refractivity contribution in [2.45, 2.75) is 0 Å². The molecule has 104 valence electrons. The highest BCUT2D eigenvalue weighted by Gasteiger charge is 2.06. The lowest BCUT2D eigenvalue weighted by Crippen LogP contribution is -2.16. The molecule has 0 saturated carbocycles. The fourth-order valence-electron chi connectivity index (χ4n) is 1.55. The zero-order valence-corrected chi connectivity index (χ0v) is 13.4. The molecule has 1 heterocycles. The Hall–Kier alpha value is -1.66. The first-order valence-corrected chi connectivity index (χ1v) is 7.44. The molecule has 0 unspecified atom stereocenters. The van der Waals surface area contributed by atoms with Crippen LogP contribution < -0.4 is 10.1 Å². The Bertz CT molecular complexity index is 652. The van der Waals surface area contributed by atoms with Gasteiger partial charge in [-0.15, -0.1) is 11.3 Å². The summed E-state index contributed by atoms with van der Waals surface area (Å²) in [6, 6.07) is 5.80.